The number of amides is 1. The summed E-state index contributed by atoms with van der Waals surface area (Å²) in [7, 11) is 0. The lowest BCUT2D eigenvalue weighted by Gasteiger charge is -2.13. The largest absolute Gasteiger partial charge is 0.348 e. The summed E-state index contributed by atoms with van der Waals surface area (Å²) >= 11 is 0. The Balaban J connectivity index is 1.90. The Morgan fingerprint density at radius 2 is 2.18 bits per heavy atom. The van der Waals surface area contributed by atoms with Crippen LogP contribution in [0.5, 0.6) is 0 Å². The third kappa shape index (κ3) is 3.17. The molecule has 1 aromatic heterocycles. The van der Waals surface area contributed by atoms with Gasteiger partial charge in [-0.1, -0.05) is 30.3 Å². The van der Waals surface area contributed by atoms with Gasteiger partial charge in [-0.15, -0.1) is 0 Å². The molecule has 1 heterocycles. The molecular formula is C13H15N3O. The van der Waals surface area contributed by atoms with Crippen LogP contribution in [0.4, 0.5) is 0 Å². The highest BCUT2D eigenvalue weighted by Crippen LogP contribution is 2.03. The SMILES string of the molecule is C[C@H](Cc1ccccc1)NC(=O)c1cnc[nH]1. The number of hydrogen-bond acceptors (Lipinski definition) is 2. The van der Waals surface area contributed by atoms with Crippen molar-refractivity contribution in [3.8, 4) is 0 Å². The maximum atomic E-state index is 11.7. The van der Waals surface area contributed by atoms with Crippen LogP contribution in [0, 0.1) is 0 Å². The molecule has 0 saturated heterocycles. The summed E-state index contributed by atoms with van der Waals surface area (Å²) in [5, 5.41) is 2.92. The summed E-state index contributed by atoms with van der Waals surface area (Å²) in [5.74, 6) is -0.120. The van der Waals surface area contributed by atoms with Crippen LogP contribution in [-0.4, -0.2) is 21.9 Å². The van der Waals surface area contributed by atoms with E-state index in [1.807, 2.05) is 25.1 Å². The van der Waals surface area contributed by atoms with Gasteiger partial charge in [0, 0.05) is 6.04 Å². The number of aromatic nitrogens is 2. The van der Waals surface area contributed by atoms with Gasteiger partial charge in [0.15, 0.2) is 0 Å². The first-order chi connectivity index (χ1) is 8.25. The van der Waals surface area contributed by atoms with E-state index < -0.39 is 0 Å². The Kier molecular flexibility index (Phi) is 3.55. The molecule has 0 unspecified atom stereocenters. The zero-order valence-corrected chi connectivity index (χ0v) is 9.68. The molecule has 4 nitrogen and oxygen atoms in total. The normalized spacial score (nSPS) is 12.1. The van der Waals surface area contributed by atoms with Crippen LogP contribution in [-0.2, 0) is 6.42 Å². The molecule has 0 bridgehead atoms. The van der Waals surface area contributed by atoms with Crippen molar-refractivity contribution in [3.63, 3.8) is 0 Å². The van der Waals surface area contributed by atoms with Crippen LogP contribution >= 0.6 is 0 Å². The second kappa shape index (κ2) is 5.30. The number of aromatic amines is 1. The van der Waals surface area contributed by atoms with Crippen molar-refractivity contribution >= 4 is 5.91 Å². The van der Waals surface area contributed by atoms with Crippen LogP contribution in [0.1, 0.15) is 23.0 Å². The zero-order chi connectivity index (χ0) is 12.1. The Hall–Kier alpha value is -2.10. The van der Waals surface area contributed by atoms with E-state index in [1.54, 1.807) is 0 Å². The van der Waals surface area contributed by atoms with Gasteiger partial charge >= 0.3 is 0 Å². The summed E-state index contributed by atoms with van der Waals surface area (Å²) in [6.45, 7) is 1.99. The van der Waals surface area contributed by atoms with E-state index in [0.29, 0.717) is 5.69 Å². The Labute approximate surface area is 100 Å². The quantitative estimate of drug-likeness (QED) is 0.839. The van der Waals surface area contributed by atoms with Gasteiger partial charge in [0.1, 0.15) is 5.69 Å². The first kappa shape index (κ1) is 11.4. The fourth-order valence-electron chi connectivity index (χ4n) is 1.70. The molecule has 0 saturated carbocycles. The standard InChI is InChI=1S/C13H15N3O/c1-10(7-11-5-3-2-4-6-11)16-13(17)12-8-14-9-15-12/h2-6,8-10H,7H2,1H3,(H,14,15)(H,16,17)/t10-/m1/s1. The maximum Gasteiger partial charge on any atom is 0.269 e. The molecule has 0 aliphatic carbocycles. The monoisotopic (exact) mass is 229 g/mol. The predicted molar refractivity (Wildman–Crippen MR) is 65.7 cm³/mol. The van der Waals surface area contributed by atoms with Gasteiger partial charge in [-0.3, -0.25) is 4.79 Å². The average molecular weight is 229 g/mol. The summed E-state index contributed by atoms with van der Waals surface area (Å²) in [6.07, 6.45) is 3.84. The predicted octanol–water partition coefficient (Wildman–Crippen LogP) is 1.77. The number of imidazole rings is 1. The number of benzene rings is 1. The topological polar surface area (TPSA) is 57.8 Å². The van der Waals surface area contributed by atoms with E-state index >= 15 is 0 Å². The molecule has 0 spiro atoms. The zero-order valence-electron chi connectivity index (χ0n) is 9.68. The van der Waals surface area contributed by atoms with Crippen molar-refractivity contribution in [1.82, 2.24) is 15.3 Å². The summed E-state index contributed by atoms with van der Waals surface area (Å²) < 4.78 is 0. The molecule has 1 amide bonds. The van der Waals surface area contributed by atoms with Gasteiger partial charge in [-0.25, -0.2) is 4.98 Å². The fourth-order valence-corrected chi connectivity index (χ4v) is 1.70. The highest BCUT2D eigenvalue weighted by atomic mass is 16.1. The number of nitrogens with one attached hydrogen (secondary N) is 2. The summed E-state index contributed by atoms with van der Waals surface area (Å²) in [6, 6.07) is 10.2. The van der Waals surface area contributed by atoms with Crippen LogP contribution in [0.3, 0.4) is 0 Å². The van der Waals surface area contributed by atoms with Crippen LogP contribution in [0.15, 0.2) is 42.9 Å². The third-order valence-electron chi connectivity index (χ3n) is 2.51. The average Bonchev–Trinajstić information content (AvgIpc) is 2.83. The van der Waals surface area contributed by atoms with E-state index in [1.165, 1.54) is 18.1 Å². The Bertz CT molecular complexity index is 465. The van der Waals surface area contributed by atoms with Crippen molar-refractivity contribution in [2.75, 3.05) is 0 Å². The lowest BCUT2D eigenvalue weighted by Crippen LogP contribution is -2.34. The van der Waals surface area contributed by atoms with E-state index in [0.717, 1.165) is 6.42 Å². The van der Waals surface area contributed by atoms with Gasteiger partial charge in [-0.05, 0) is 18.9 Å². The second-order valence-corrected chi connectivity index (χ2v) is 4.03. The first-order valence-corrected chi connectivity index (χ1v) is 5.59. The Morgan fingerprint density at radius 1 is 1.41 bits per heavy atom. The van der Waals surface area contributed by atoms with Gasteiger partial charge in [-0.2, -0.15) is 0 Å². The molecular weight excluding hydrogens is 214 g/mol. The molecule has 0 aliphatic heterocycles. The van der Waals surface area contributed by atoms with Crippen molar-refractivity contribution in [2.45, 2.75) is 19.4 Å². The number of carbonyl (C=O) groups excluding carboxylic acids is 1. The molecule has 88 valence electrons. The summed E-state index contributed by atoms with van der Waals surface area (Å²) in [5.41, 5.74) is 1.70. The molecule has 4 heteroatoms. The first-order valence-electron chi connectivity index (χ1n) is 5.59. The van der Waals surface area contributed by atoms with Crippen LogP contribution < -0.4 is 5.32 Å². The molecule has 1 atom stereocenters. The van der Waals surface area contributed by atoms with Gasteiger partial charge in [0.05, 0.1) is 12.5 Å². The molecule has 17 heavy (non-hydrogen) atoms. The molecule has 0 aliphatic rings. The van der Waals surface area contributed by atoms with Gasteiger partial charge < -0.3 is 10.3 Å². The highest BCUT2D eigenvalue weighted by molar-refractivity contribution is 5.92. The van der Waals surface area contributed by atoms with Crippen molar-refractivity contribution in [2.24, 2.45) is 0 Å². The van der Waals surface area contributed by atoms with Crippen molar-refractivity contribution < 1.29 is 4.79 Å². The number of nitrogens with zero attached hydrogens (tertiary/aromatic N) is 1. The van der Waals surface area contributed by atoms with Crippen LogP contribution in [0.25, 0.3) is 0 Å². The van der Waals surface area contributed by atoms with Gasteiger partial charge in [0.25, 0.3) is 5.91 Å². The number of rotatable bonds is 4. The van der Waals surface area contributed by atoms with Crippen LogP contribution in [0.2, 0.25) is 0 Å². The number of hydrogen-bond donors (Lipinski definition) is 2. The van der Waals surface area contributed by atoms with E-state index in [9.17, 15) is 4.79 Å². The van der Waals surface area contributed by atoms with E-state index in [-0.39, 0.29) is 11.9 Å². The molecule has 0 fully saturated rings. The smallest absolute Gasteiger partial charge is 0.269 e. The summed E-state index contributed by atoms with van der Waals surface area (Å²) in [4.78, 5) is 18.3. The van der Waals surface area contributed by atoms with Gasteiger partial charge in [0.2, 0.25) is 0 Å². The minimum absolute atomic E-state index is 0.0909. The highest BCUT2D eigenvalue weighted by Gasteiger charge is 2.10. The lowest BCUT2D eigenvalue weighted by atomic mass is 10.1. The second-order valence-electron chi connectivity index (χ2n) is 4.03. The number of H-pyrrole nitrogens is 1. The molecule has 1 aromatic carbocycles. The molecule has 0 radical (unpaired) electrons. The Morgan fingerprint density at radius 3 is 2.82 bits per heavy atom. The maximum absolute atomic E-state index is 11.7. The van der Waals surface area contributed by atoms with Crippen molar-refractivity contribution in [3.05, 3.63) is 54.1 Å². The fraction of sp³-hybridized carbons (Fsp3) is 0.231. The molecule has 2 aromatic rings. The van der Waals surface area contributed by atoms with Crippen molar-refractivity contribution in [1.29, 1.82) is 0 Å². The molecule has 2 N–H and O–H groups in total. The van der Waals surface area contributed by atoms with E-state index in [4.69, 9.17) is 0 Å². The third-order valence-corrected chi connectivity index (χ3v) is 2.51. The lowest BCUT2D eigenvalue weighted by molar-refractivity contribution is 0.0935. The molecule has 2 rings (SSSR count). The number of carbonyl (C=O) groups is 1. The minimum Gasteiger partial charge on any atom is -0.348 e. The minimum atomic E-state index is -0.120. The van der Waals surface area contributed by atoms with E-state index in [2.05, 4.69) is 27.4 Å².